The van der Waals surface area contributed by atoms with Crippen LogP contribution in [0.1, 0.15) is 21.6 Å². The van der Waals surface area contributed by atoms with E-state index in [2.05, 4.69) is 10.1 Å². The van der Waals surface area contributed by atoms with Crippen molar-refractivity contribution in [2.24, 2.45) is 0 Å². The van der Waals surface area contributed by atoms with Crippen LogP contribution >= 0.6 is 11.6 Å². The number of aryl methyl sites for hydroxylation is 1. The number of carbonyl (C=O) groups is 1. The molecular weight excluding hydrogens is 471 g/mol. The van der Waals surface area contributed by atoms with Gasteiger partial charge >= 0.3 is 6.18 Å². The van der Waals surface area contributed by atoms with E-state index in [4.69, 9.17) is 11.6 Å². The Bertz CT molecular complexity index is 1300. The second-order valence-electron chi connectivity index (χ2n) is 7.18. The average molecular weight is 488 g/mol. The van der Waals surface area contributed by atoms with Gasteiger partial charge in [0.15, 0.2) is 5.65 Å². The van der Waals surface area contributed by atoms with Crippen LogP contribution in [0, 0.1) is 6.92 Å². The number of benzene rings is 1. The van der Waals surface area contributed by atoms with Crippen molar-refractivity contribution < 1.29 is 26.4 Å². The molecule has 0 N–H and O–H groups in total. The molecular formula is C19H17ClF3N5O3S. The number of aromatic nitrogens is 3. The summed E-state index contributed by atoms with van der Waals surface area (Å²) < 4.78 is 67.7. The Kier molecular flexibility index (Phi) is 5.63. The second kappa shape index (κ2) is 8.01. The van der Waals surface area contributed by atoms with Crippen LogP contribution in [0.4, 0.5) is 13.2 Å². The molecule has 3 aromatic rings. The second-order valence-corrected chi connectivity index (χ2v) is 9.53. The van der Waals surface area contributed by atoms with Crippen molar-refractivity contribution in [2.45, 2.75) is 18.0 Å². The number of rotatable bonds is 3. The molecule has 4 rings (SSSR count). The first-order valence-electron chi connectivity index (χ1n) is 9.46. The maximum atomic E-state index is 13.1. The van der Waals surface area contributed by atoms with Crippen molar-refractivity contribution in [1.29, 1.82) is 0 Å². The number of amides is 1. The Balaban J connectivity index is 1.53. The lowest BCUT2D eigenvalue weighted by Crippen LogP contribution is -2.50. The summed E-state index contributed by atoms with van der Waals surface area (Å²) in [6.07, 6.45) is -1.58. The van der Waals surface area contributed by atoms with Crippen LogP contribution in [-0.4, -0.2) is 64.3 Å². The van der Waals surface area contributed by atoms with Gasteiger partial charge in [-0.25, -0.2) is 17.9 Å². The minimum absolute atomic E-state index is 0.0657. The summed E-state index contributed by atoms with van der Waals surface area (Å²) in [5, 5.41) is 3.68. The van der Waals surface area contributed by atoms with Crippen LogP contribution in [0.3, 0.4) is 0 Å². The summed E-state index contributed by atoms with van der Waals surface area (Å²) >= 11 is 5.59. The zero-order valence-corrected chi connectivity index (χ0v) is 18.2. The molecule has 1 aromatic carbocycles. The van der Waals surface area contributed by atoms with Gasteiger partial charge in [-0.1, -0.05) is 11.6 Å². The van der Waals surface area contributed by atoms with Crippen LogP contribution < -0.4 is 0 Å². The number of sulfonamides is 1. The van der Waals surface area contributed by atoms with E-state index in [1.807, 2.05) is 0 Å². The third kappa shape index (κ3) is 3.93. The van der Waals surface area contributed by atoms with Gasteiger partial charge < -0.3 is 4.90 Å². The number of hydrogen-bond acceptors (Lipinski definition) is 5. The van der Waals surface area contributed by atoms with Crippen LogP contribution in [-0.2, 0) is 16.2 Å². The van der Waals surface area contributed by atoms with Crippen molar-refractivity contribution in [3.05, 3.63) is 58.5 Å². The van der Waals surface area contributed by atoms with Crippen molar-refractivity contribution >= 4 is 33.2 Å². The minimum Gasteiger partial charge on any atom is -0.336 e. The van der Waals surface area contributed by atoms with E-state index >= 15 is 0 Å². The molecule has 3 heterocycles. The number of halogens is 4. The molecule has 170 valence electrons. The molecule has 13 heteroatoms. The molecule has 2 aromatic heterocycles. The monoisotopic (exact) mass is 487 g/mol. The quantitative estimate of drug-likeness (QED) is 0.567. The van der Waals surface area contributed by atoms with Crippen molar-refractivity contribution in [1.82, 2.24) is 23.8 Å². The number of carbonyl (C=O) groups excluding carboxylic acids is 1. The molecule has 1 amide bonds. The zero-order chi connectivity index (χ0) is 23.3. The molecule has 32 heavy (non-hydrogen) atoms. The third-order valence-electron chi connectivity index (χ3n) is 5.19. The van der Waals surface area contributed by atoms with Crippen molar-refractivity contribution in [3.63, 3.8) is 0 Å². The Morgan fingerprint density at radius 1 is 1.16 bits per heavy atom. The van der Waals surface area contributed by atoms with Gasteiger partial charge in [-0.2, -0.15) is 22.6 Å². The zero-order valence-electron chi connectivity index (χ0n) is 16.7. The van der Waals surface area contributed by atoms with Gasteiger partial charge in [-0.3, -0.25) is 4.79 Å². The fourth-order valence-electron chi connectivity index (χ4n) is 3.57. The van der Waals surface area contributed by atoms with Crippen LogP contribution in [0.5, 0.6) is 0 Å². The fraction of sp³-hybridized carbons (Fsp3) is 0.316. The molecule has 0 aliphatic carbocycles. The highest BCUT2D eigenvalue weighted by Gasteiger charge is 2.37. The molecule has 1 saturated heterocycles. The van der Waals surface area contributed by atoms with E-state index in [1.165, 1.54) is 9.42 Å². The average Bonchev–Trinajstić information content (AvgIpc) is 3.08. The van der Waals surface area contributed by atoms with Crippen molar-refractivity contribution in [3.8, 4) is 0 Å². The summed E-state index contributed by atoms with van der Waals surface area (Å²) in [4.78, 5) is 18.2. The van der Waals surface area contributed by atoms with Crippen LogP contribution in [0.25, 0.3) is 5.65 Å². The highest BCUT2D eigenvalue weighted by molar-refractivity contribution is 7.89. The van der Waals surface area contributed by atoms with E-state index in [0.717, 1.165) is 16.4 Å². The lowest BCUT2D eigenvalue weighted by atomic mass is 10.2. The van der Waals surface area contributed by atoms with Gasteiger partial charge in [0.25, 0.3) is 5.91 Å². The summed E-state index contributed by atoms with van der Waals surface area (Å²) in [7, 11) is -4.20. The molecule has 0 saturated carbocycles. The molecule has 1 fully saturated rings. The van der Waals surface area contributed by atoms with Crippen molar-refractivity contribution in [2.75, 3.05) is 26.2 Å². The summed E-state index contributed by atoms with van der Waals surface area (Å²) in [5.74, 6) is -0.334. The van der Waals surface area contributed by atoms with Gasteiger partial charge in [0, 0.05) is 38.6 Å². The SMILES string of the molecule is Cc1nn2cccnc2c1C(=O)N1CCN(S(=O)(=O)c2ccc(Cl)c(C(F)(F)F)c2)CC1. The summed E-state index contributed by atoms with van der Waals surface area (Å²) in [6.45, 7) is 1.69. The fourth-order valence-corrected chi connectivity index (χ4v) is 5.24. The molecule has 0 bridgehead atoms. The Morgan fingerprint density at radius 2 is 1.84 bits per heavy atom. The first kappa shape index (κ1) is 22.5. The highest BCUT2D eigenvalue weighted by Crippen LogP contribution is 2.36. The minimum atomic E-state index is -4.78. The number of fused-ring (bicyclic) bond motifs is 1. The Morgan fingerprint density at radius 3 is 2.50 bits per heavy atom. The van der Waals surface area contributed by atoms with E-state index in [-0.39, 0.29) is 32.1 Å². The lowest BCUT2D eigenvalue weighted by molar-refractivity contribution is -0.137. The van der Waals surface area contributed by atoms with Gasteiger partial charge in [-0.15, -0.1) is 0 Å². The molecule has 0 unspecified atom stereocenters. The van der Waals surface area contributed by atoms with Gasteiger partial charge in [-0.05, 0) is 31.2 Å². The maximum Gasteiger partial charge on any atom is 0.417 e. The molecule has 0 spiro atoms. The normalized spacial score (nSPS) is 16.0. The standard InChI is InChI=1S/C19H17ClF3N5O3S/c1-12-16(17-24-5-2-6-28(17)25-12)18(29)26-7-9-27(10-8-26)32(30,31)13-3-4-15(20)14(11-13)19(21,22)23/h2-6,11H,7-10H2,1H3. The summed E-state index contributed by atoms with van der Waals surface area (Å²) in [5.41, 5.74) is -0.00460. The van der Waals surface area contributed by atoms with E-state index in [1.54, 1.807) is 25.4 Å². The smallest absolute Gasteiger partial charge is 0.336 e. The highest BCUT2D eigenvalue weighted by atomic mass is 35.5. The van der Waals surface area contributed by atoms with E-state index in [0.29, 0.717) is 23.0 Å². The number of nitrogens with zero attached hydrogens (tertiary/aromatic N) is 5. The maximum absolute atomic E-state index is 13.1. The molecule has 0 atom stereocenters. The van der Waals surface area contributed by atoms with Gasteiger partial charge in [0.05, 0.1) is 21.2 Å². The third-order valence-corrected chi connectivity index (χ3v) is 7.42. The molecule has 1 aliphatic heterocycles. The largest absolute Gasteiger partial charge is 0.417 e. The van der Waals surface area contributed by atoms with E-state index < -0.39 is 31.7 Å². The molecule has 8 nitrogen and oxygen atoms in total. The Hall–Kier alpha value is -2.70. The number of piperazine rings is 1. The van der Waals surface area contributed by atoms with Crippen LogP contribution in [0.2, 0.25) is 5.02 Å². The molecule has 0 radical (unpaired) electrons. The predicted octanol–water partition coefficient (Wildman–Crippen LogP) is 2.86. The van der Waals surface area contributed by atoms with Gasteiger partial charge in [0.1, 0.15) is 5.56 Å². The van der Waals surface area contributed by atoms with Gasteiger partial charge in [0.2, 0.25) is 10.0 Å². The van der Waals surface area contributed by atoms with E-state index in [9.17, 15) is 26.4 Å². The Labute approximate surface area is 186 Å². The summed E-state index contributed by atoms with van der Waals surface area (Å²) in [6, 6.07) is 4.16. The lowest BCUT2D eigenvalue weighted by Gasteiger charge is -2.34. The number of hydrogen-bond donors (Lipinski definition) is 0. The molecule has 1 aliphatic rings. The van der Waals surface area contributed by atoms with Crippen LogP contribution in [0.15, 0.2) is 41.6 Å². The predicted molar refractivity (Wildman–Crippen MR) is 109 cm³/mol. The number of alkyl halides is 3. The first-order chi connectivity index (χ1) is 15.0. The first-order valence-corrected chi connectivity index (χ1v) is 11.3. The topological polar surface area (TPSA) is 87.9 Å².